The zero-order valence-corrected chi connectivity index (χ0v) is 22.8. The number of rotatable bonds is 8. The zero-order valence-electron chi connectivity index (χ0n) is 20.6. The molecule has 0 unspecified atom stereocenters. The highest BCUT2D eigenvalue weighted by atomic mass is 35.5. The number of nitrogens with zero attached hydrogens (tertiary/aromatic N) is 1. The van der Waals surface area contributed by atoms with Crippen LogP contribution in [0.3, 0.4) is 0 Å². The lowest BCUT2D eigenvalue weighted by molar-refractivity contribution is -0.120. The highest BCUT2D eigenvalue weighted by Gasteiger charge is 2.39. The van der Waals surface area contributed by atoms with E-state index in [1.54, 1.807) is 36.4 Å². The number of hydrogen-bond donors (Lipinski definition) is 1. The summed E-state index contributed by atoms with van der Waals surface area (Å²) in [6.45, 7) is 0.426. The fourth-order valence-electron chi connectivity index (χ4n) is 3.81. The van der Waals surface area contributed by atoms with E-state index >= 15 is 0 Å². The summed E-state index contributed by atoms with van der Waals surface area (Å²) in [4.78, 5) is 39.2. The zero-order chi connectivity index (χ0) is 28.2. The van der Waals surface area contributed by atoms with Crippen LogP contribution in [0.15, 0.2) is 108 Å². The molecule has 0 atom stereocenters. The van der Waals surface area contributed by atoms with Crippen LogP contribution in [0.2, 0.25) is 10.0 Å². The van der Waals surface area contributed by atoms with E-state index in [2.05, 4.69) is 5.32 Å². The SMILES string of the molecule is O=C(Oc1ccc(OCc2ccccc2)cc1)c1ccc(NC2=C(Cl)C(=O)N(c3ccc(Cl)c(Cl)c3)C2=O)cc1. The second kappa shape index (κ2) is 11.8. The molecule has 1 aliphatic rings. The first kappa shape index (κ1) is 27.3. The monoisotopic (exact) mass is 592 g/mol. The number of benzene rings is 4. The van der Waals surface area contributed by atoms with Crippen LogP contribution in [0, 0.1) is 0 Å². The Bertz CT molecular complexity index is 1620. The molecular weight excluding hydrogens is 575 g/mol. The minimum absolute atomic E-state index is 0.109. The maximum atomic E-state index is 13.0. The van der Waals surface area contributed by atoms with Crippen molar-refractivity contribution in [2.45, 2.75) is 6.61 Å². The fourth-order valence-corrected chi connectivity index (χ4v) is 4.32. The molecule has 1 N–H and O–H groups in total. The molecule has 1 aliphatic heterocycles. The summed E-state index contributed by atoms with van der Waals surface area (Å²) in [6.07, 6.45) is 0. The first-order chi connectivity index (χ1) is 19.3. The topological polar surface area (TPSA) is 84.9 Å². The Morgan fingerprint density at radius 2 is 1.43 bits per heavy atom. The molecule has 2 amide bonds. The standard InChI is InChI=1S/C30H19Cl3N2O5/c31-24-15-10-21(16-25(24)32)35-28(36)26(33)27(29(35)37)34-20-8-6-19(7-9-20)30(38)40-23-13-11-22(12-14-23)39-17-18-4-2-1-3-5-18/h1-16,34H,17H2. The number of nitrogens with one attached hydrogen (secondary N) is 1. The van der Waals surface area contributed by atoms with Crippen LogP contribution >= 0.6 is 34.8 Å². The maximum Gasteiger partial charge on any atom is 0.343 e. The van der Waals surface area contributed by atoms with Crippen molar-refractivity contribution in [2.24, 2.45) is 0 Å². The van der Waals surface area contributed by atoms with Gasteiger partial charge in [-0.25, -0.2) is 9.69 Å². The number of imide groups is 1. The number of anilines is 2. The van der Waals surface area contributed by atoms with Crippen LogP contribution < -0.4 is 19.7 Å². The van der Waals surface area contributed by atoms with Crippen LogP contribution in [-0.4, -0.2) is 17.8 Å². The molecule has 4 aromatic carbocycles. The Morgan fingerprint density at radius 3 is 2.10 bits per heavy atom. The fraction of sp³-hybridized carbons (Fsp3) is 0.0333. The Morgan fingerprint density at radius 1 is 0.750 bits per heavy atom. The Hall–Kier alpha value is -4.30. The van der Waals surface area contributed by atoms with Gasteiger partial charge in [-0.15, -0.1) is 0 Å². The van der Waals surface area contributed by atoms with Crippen molar-refractivity contribution in [1.29, 1.82) is 0 Å². The predicted octanol–water partition coefficient (Wildman–Crippen LogP) is 7.23. The molecule has 0 spiro atoms. The first-order valence-corrected chi connectivity index (χ1v) is 13.0. The van der Waals surface area contributed by atoms with Crippen molar-refractivity contribution in [3.63, 3.8) is 0 Å². The molecular formula is C30H19Cl3N2O5. The van der Waals surface area contributed by atoms with E-state index in [-0.39, 0.29) is 32.0 Å². The highest BCUT2D eigenvalue weighted by molar-refractivity contribution is 6.53. The van der Waals surface area contributed by atoms with Crippen molar-refractivity contribution in [3.8, 4) is 11.5 Å². The summed E-state index contributed by atoms with van der Waals surface area (Å²) in [5, 5.41) is 3.04. The van der Waals surface area contributed by atoms with Gasteiger partial charge in [0.15, 0.2) is 0 Å². The van der Waals surface area contributed by atoms with E-state index in [4.69, 9.17) is 44.3 Å². The summed E-state index contributed by atoms with van der Waals surface area (Å²) in [5.74, 6) is -0.935. The third kappa shape index (κ3) is 5.97. The van der Waals surface area contributed by atoms with Gasteiger partial charge >= 0.3 is 5.97 Å². The van der Waals surface area contributed by atoms with E-state index in [0.717, 1.165) is 10.5 Å². The van der Waals surface area contributed by atoms with E-state index in [1.807, 2.05) is 30.3 Å². The second-order valence-corrected chi connectivity index (χ2v) is 9.76. The van der Waals surface area contributed by atoms with E-state index in [1.165, 1.54) is 30.3 Å². The van der Waals surface area contributed by atoms with Gasteiger partial charge in [-0.2, -0.15) is 0 Å². The second-order valence-electron chi connectivity index (χ2n) is 8.57. The predicted molar refractivity (Wildman–Crippen MR) is 154 cm³/mol. The number of carbonyl (C=O) groups is 3. The van der Waals surface area contributed by atoms with Crippen molar-refractivity contribution in [3.05, 3.63) is 129 Å². The van der Waals surface area contributed by atoms with Gasteiger partial charge in [0.05, 0.1) is 21.3 Å². The molecule has 4 aromatic rings. The smallest absolute Gasteiger partial charge is 0.343 e. The van der Waals surface area contributed by atoms with Gasteiger partial charge in [-0.3, -0.25) is 9.59 Å². The number of esters is 1. The molecule has 0 fully saturated rings. The molecule has 0 radical (unpaired) electrons. The van der Waals surface area contributed by atoms with Crippen LogP contribution in [0.4, 0.5) is 11.4 Å². The average Bonchev–Trinajstić information content (AvgIpc) is 3.18. The van der Waals surface area contributed by atoms with Crippen molar-refractivity contribution < 1.29 is 23.9 Å². The number of hydrogen-bond acceptors (Lipinski definition) is 6. The van der Waals surface area contributed by atoms with E-state index < -0.39 is 17.8 Å². The minimum atomic E-state index is -0.704. The first-order valence-electron chi connectivity index (χ1n) is 11.9. The number of halogens is 3. The van der Waals surface area contributed by atoms with Gasteiger partial charge in [0.25, 0.3) is 11.8 Å². The quantitative estimate of drug-likeness (QED) is 0.132. The summed E-state index contributed by atoms with van der Waals surface area (Å²) in [5.41, 5.74) is 1.88. The van der Waals surface area contributed by atoms with Crippen LogP contribution in [0.25, 0.3) is 0 Å². The van der Waals surface area contributed by atoms with Crippen LogP contribution in [-0.2, 0) is 16.2 Å². The molecule has 40 heavy (non-hydrogen) atoms. The van der Waals surface area contributed by atoms with E-state index in [9.17, 15) is 14.4 Å². The normalized spacial score (nSPS) is 13.0. The van der Waals surface area contributed by atoms with Crippen molar-refractivity contribution >= 4 is 64.0 Å². The lowest BCUT2D eigenvalue weighted by atomic mass is 10.2. The molecule has 5 rings (SSSR count). The number of ether oxygens (including phenoxy) is 2. The minimum Gasteiger partial charge on any atom is -0.489 e. The summed E-state index contributed by atoms with van der Waals surface area (Å²) >= 11 is 18.2. The van der Waals surface area contributed by atoms with Gasteiger partial charge in [0.1, 0.15) is 28.8 Å². The molecule has 0 bridgehead atoms. The Balaban J connectivity index is 1.20. The maximum absolute atomic E-state index is 13.0. The Labute approximate surface area is 244 Å². The van der Waals surface area contributed by atoms with Gasteiger partial charge in [0.2, 0.25) is 0 Å². The molecule has 0 saturated carbocycles. The van der Waals surface area contributed by atoms with Crippen LogP contribution in [0.5, 0.6) is 11.5 Å². The molecule has 7 nitrogen and oxygen atoms in total. The van der Waals surface area contributed by atoms with Gasteiger partial charge in [0, 0.05) is 5.69 Å². The summed E-state index contributed by atoms with van der Waals surface area (Å²) < 4.78 is 11.2. The van der Waals surface area contributed by atoms with Crippen molar-refractivity contribution in [1.82, 2.24) is 0 Å². The van der Waals surface area contributed by atoms with Crippen LogP contribution in [0.1, 0.15) is 15.9 Å². The third-order valence-electron chi connectivity index (χ3n) is 5.86. The third-order valence-corrected chi connectivity index (χ3v) is 6.95. The summed E-state index contributed by atoms with van der Waals surface area (Å²) in [7, 11) is 0. The van der Waals surface area contributed by atoms with Gasteiger partial charge < -0.3 is 14.8 Å². The molecule has 0 aromatic heterocycles. The highest BCUT2D eigenvalue weighted by Crippen LogP contribution is 2.33. The Kier molecular flexibility index (Phi) is 8.07. The molecule has 0 aliphatic carbocycles. The number of carbonyl (C=O) groups excluding carboxylic acids is 3. The van der Waals surface area contributed by atoms with Crippen molar-refractivity contribution in [2.75, 3.05) is 10.2 Å². The lowest BCUT2D eigenvalue weighted by Crippen LogP contribution is -2.32. The largest absolute Gasteiger partial charge is 0.489 e. The van der Waals surface area contributed by atoms with E-state index in [0.29, 0.717) is 23.8 Å². The molecule has 1 heterocycles. The molecule has 10 heteroatoms. The van der Waals surface area contributed by atoms with Gasteiger partial charge in [-0.1, -0.05) is 65.1 Å². The lowest BCUT2D eigenvalue weighted by Gasteiger charge is -2.15. The van der Waals surface area contributed by atoms with Gasteiger partial charge in [-0.05, 0) is 72.3 Å². The average molecular weight is 594 g/mol. The number of amides is 2. The summed E-state index contributed by atoms with van der Waals surface area (Å²) in [6, 6.07) is 27.0. The molecule has 200 valence electrons. The molecule has 0 saturated heterocycles.